The summed E-state index contributed by atoms with van der Waals surface area (Å²) in [5.74, 6) is 0.778. The topological polar surface area (TPSA) is 38.3 Å². The van der Waals surface area contributed by atoms with Crippen molar-refractivity contribution < 1.29 is 9.53 Å². The first-order chi connectivity index (χ1) is 10.0. The molecule has 0 saturated carbocycles. The summed E-state index contributed by atoms with van der Waals surface area (Å²) in [6.45, 7) is 7.00. The van der Waals surface area contributed by atoms with E-state index in [1.54, 1.807) is 0 Å². The van der Waals surface area contributed by atoms with E-state index in [0.717, 1.165) is 11.3 Å². The highest BCUT2D eigenvalue weighted by Crippen LogP contribution is 2.15. The fourth-order valence-corrected chi connectivity index (χ4v) is 2.24. The van der Waals surface area contributed by atoms with Gasteiger partial charge in [0.1, 0.15) is 12.4 Å². The lowest BCUT2D eigenvalue weighted by molar-refractivity contribution is 0.0947. The Morgan fingerprint density at radius 2 is 1.71 bits per heavy atom. The molecule has 0 aromatic heterocycles. The molecular formula is C18H21NO2. The van der Waals surface area contributed by atoms with Crippen molar-refractivity contribution in [3.05, 3.63) is 64.7 Å². The van der Waals surface area contributed by atoms with Crippen LogP contribution in [0.2, 0.25) is 0 Å². The molecule has 0 aliphatic rings. The second-order valence-electron chi connectivity index (χ2n) is 5.30. The zero-order valence-electron chi connectivity index (χ0n) is 12.8. The Morgan fingerprint density at radius 3 is 2.38 bits per heavy atom. The molecular weight excluding hydrogens is 262 g/mol. The average molecular weight is 283 g/mol. The zero-order valence-corrected chi connectivity index (χ0v) is 12.8. The quantitative estimate of drug-likeness (QED) is 0.854. The first-order valence-electron chi connectivity index (χ1n) is 7.10. The van der Waals surface area contributed by atoms with Gasteiger partial charge in [0, 0.05) is 5.56 Å². The molecule has 2 aromatic carbocycles. The molecule has 0 aliphatic heterocycles. The Morgan fingerprint density at radius 1 is 1.00 bits per heavy atom. The van der Waals surface area contributed by atoms with E-state index in [1.807, 2.05) is 57.2 Å². The summed E-state index contributed by atoms with van der Waals surface area (Å²) in [7, 11) is 0. The van der Waals surface area contributed by atoms with E-state index in [0.29, 0.717) is 18.7 Å². The summed E-state index contributed by atoms with van der Waals surface area (Å²) in [6.07, 6.45) is 0. The Kier molecular flexibility index (Phi) is 4.99. The number of ether oxygens (including phenoxy) is 1. The summed E-state index contributed by atoms with van der Waals surface area (Å²) in [5, 5.41) is 2.86. The number of nitrogens with one attached hydrogen (secondary N) is 1. The maximum Gasteiger partial charge on any atom is 0.251 e. The number of amides is 1. The molecule has 0 fully saturated rings. The van der Waals surface area contributed by atoms with Crippen molar-refractivity contribution in [2.75, 3.05) is 13.2 Å². The molecule has 21 heavy (non-hydrogen) atoms. The van der Waals surface area contributed by atoms with Gasteiger partial charge in [0.2, 0.25) is 0 Å². The van der Waals surface area contributed by atoms with Crippen molar-refractivity contribution >= 4 is 5.91 Å². The van der Waals surface area contributed by atoms with Crippen molar-refractivity contribution in [3.63, 3.8) is 0 Å². The SMILES string of the molecule is Cc1cc(C)cc(OCCNC(=O)c2cccc(C)c2)c1. The van der Waals surface area contributed by atoms with Crippen molar-refractivity contribution in [2.45, 2.75) is 20.8 Å². The Hall–Kier alpha value is -2.29. The first-order valence-corrected chi connectivity index (χ1v) is 7.10. The third kappa shape index (κ3) is 4.63. The maximum absolute atomic E-state index is 11.9. The molecule has 3 heteroatoms. The lowest BCUT2D eigenvalue weighted by atomic mass is 10.1. The largest absolute Gasteiger partial charge is 0.492 e. The van der Waals surface area contributed by atoms with Crippen LogP contribution in [0.15, 0.2) is 42.5 Å². The molecule has 0 spiro atoms. The molecule has 1 N–H and O–H groups in total. The molecule has 2 aromatic rings. The van der Waals surface area contributed by atoms with Gasteiger partial charge >= 0.3 is 0 Å². The first kappa shape index (κ1) is 15.1. The highest BCUT2D eigenvalue weighted by atomic mass is 16.5. The minimum Gasteiger partial charge on any atom is -0.492 e. The maximum atomic E-state index is 11.9. The molecule has 0 bridgehead atoms. The number of benzene rings is 2. The molecule has 110 valence electrons. The highest BCUT2D eigenvalue weighted by Gasteiger charge is 2.04. The Bertz CT molecular complexity index is 615. The molecule has 0 aliphatic carbocycles. The van der Waals surface area contributed by atoms with Crippen molar-refractivity contribution in [3.8, 4) is 5.75 Å². The second-order valence-corrected chi connectivity index (χ2v) is 5.30. The van der Waals surface area contributed by atoms with Crippen LogP contribution in [0.25, 0.3) is 0 Å². The van der Waals surface area contributed by atoms with Crippen molar-refractivity contribution in [1.29, 1.82) is 0 Å². The van der Waals surface area contributed by atoms with Crippen LogP contribution < -0.4 is 10.1 Å². The molecule has 0 heterocycles. The third-order valence-corrected chi connectivity index (χ3v) is 3.13. The van der Waals surface area contributed by atoms with E-state index in [2.05, 4.69) is 11.4 Å². The summed E-state index contributed by atoms with van der Waals surface area (Å²) in [5.41, 5.74) is 4.11. The fraction of sp³-hybridized carbons (Fsp3) is 0.278. The van der Waals surface area contributed by atoms with Crippen LogP contribution in [0.1, 0.15) is 27.0 Å². The normalized spacial score (nSPS) is 10.2. The van der Waals surface area contributed by atoms with E-state index in [4.69, 9.17) is 4.74 Å². The number of hydrogen-bond donors (Lipinski definition) is 1. The predicted octanol–water partition coefficient (Wildman–Crippen LogP) is 3.42. The van der Waals surface area contributed by atoms with Gasteiger partial charge in [-0.15, -0.1) is 0 Å². The van der Waals surface area contributed by atoms with Crippen LogP contribution >= 0.6 is 0 Å². The Balaban J connectivity index is 1.80. The fourth-order valence-electron chi connectivity index (χ4n) is 2.24. The van der Waals surface area contributed by atoms with Gasteiger partial charge in [0.25, 0.3) is 5.91 Å². The predicted molar refractivity (Wildman–Crippen MR) is 84.9 cm³/mol. The molecule has 0 atom stereocenters. The second kappa shape index (κ2) is 6.93. The number of aryl methyl sites for hydroxylation is 3. The summed E-state index contributed by atoms with van der Waals surface area (Å²) in [6, 6.07) is 13.6. The number of carbonyl (C=O) groups excluding carboxylic acids is 1. The molecule has 2 rings (SSSR count). The van der Waals surface area contributed by atoms with E-state index < -0.39 is 0 Å². The number of carbonyl (C=O) groups is 1. The van der Waals surface area contributed by atoms with E-state index in [-0.39, 0.29) is 5.91 Å². The highest BCUT2D eigenvalue weighted by molar-refractivity contribution is 5.94. The van der Waals surface area contributed by atoms with Crippen LogP contribution in [-0.4, -0.2) is 19.1 Å². The Labute approximate surface area is 126 Å². The number of rotatable bonds is 5. The van der Waals surface area contributed by atoms with Gasteiger partial charge in [0.15, 0.2) is 0 Å². The molecule has 1 amide bonds. The zero-order chi connectivity index (χ0) is 15.2. The van der Waals surface area contributed by atoms with Crippen LogP contribution in [0, 0.1) is 20.8 Å². The van der Waals surface area contributed by atoms with Crippen LogP contribution in [0.5, 0.6) is 5.75 Å². The molecule has 0 saturated heterocycles. The van der Waals surface area contributed by atoms with Crippen LogP contribution in [0.4, 0.5) is 0 Å². The minimum absolute atomic E-state index is 0.0669. The van der Waals surface area contributed by atoms with Crippen LogP contribution in [0.3, 0.4) is 0 Å². The van der Waals surface area contributed by atoms with E-state index >= 15 is 0 Å². The van der Waals surface area contributed by atoms with Gasteiger partial charge in [-0.25, -0.2) is 0 Å². The molecule has 0 radical (unpaired) electrons. The van der Waals surface area contributed by atoms with Gasteiger partial charge in [0.05, 0.1) is 6.54 Å². The van der Waals surface area contributed by atoms with Gasteiger partial charge in [-0.3, -0.25) is 4.79 Å². The lowest BCUT2D eigenvalue weighted by Crippen LogP contribution is -2.28. The third-order valence-electron chi connectivity index (χ3n) is 3.13. The molecule has 0 unspecified atom stereocenters. The van der Waals surface area contributed by atoms with Gasteiger partial charge in [-0.2, -0.15) is 0 Å². The monoisotopic (exact) mass is 283 g/mol. The van der Waals surface area contributed by atoms with Crippen LogP contribution in [-0.2, 0) is 0 Å². The van der Waals surface area contributed by atoms with Crippen molar-refractivity contribution in [2.24, 2.45) is 0 Å². The number of hydrogen-bond acceptors (Lipinski definition) is 2. The average Bonchev–Trinajstić information content (AvgIpc) is 2.42. The van der Waals surface area contributed by atoms with Gasteiger partial charge < -0.3 is 10.1 Å². The van der Waals surface area contributed by atoms with Gasteiger partial charge in [-0.05, 0) is 56.2 Å². The molecule has 3 nitrogen and oxygen atoms in total. The lowest BCUT2D eigenvalue weighted by Gasteiger charge is -2.09. The smallest absolute Gasteiger partial charge is 0.251 e. The standard InChI is InChI=1S/C18H21NO2/c1-13-5-4-6-16(10-13)18(20)19-7-8-21-17-11-14(2)9-15(3)12-17/h4-6,9-12H,7-8H2,1-3H3,(H,19,20). The minimum atomic E-state index is -0.0669. The summed E-state index contributed by atoms with van der Waals surface area (Å²) >= 11 is 0. The van der Waals surface area contributed by atoms with Gasteiger partial charge in [-0.1, -0.05) is 23.8 Å². The summed E-state index contributed by atoms with van der Waals surface area (Å²) < 4.78 is 5.66. The summed E-state index contributed by atoms with van der Waals surface area (Å²) in [4.78, 5) is 11.9. The van der Waals surface area contributed by atoms with E-state index in [1.165, 1.54) is 11.1 Å². The van der Waals surface area contributed by atoms with Crippen molar-refractivity contribution in [1.82, 2.24) is 5.32 Å². The van der Waals surface area contributed by atoms with E-state index in [9.17, 15) is 4.79 Å².